The van der Waals surface area contributed by atoms with Crippen LogP contribution in [-0.4, -0.2) is 0 Å². The monoisotopic (exact) mass is 341 g/mol. The molecular formula is C24H39N. The smallest absolute Gasteiger partial charge is 0.0659 e. The first kappa shape index (κ1) is 17.9. The third-order valence-electron chi connectivity index (χ3n) is 9.90. The van der Waals surface area contributed by atoms with Gasteiger partial charge < -0.3 is 0 Å². The molecule has 1 heteroatoms. The van der Waals surface area contributed by atoms with Crippen molar-refractivity contribution < 1.29 is 0 Å². The van der Waals surface area contributed by atoms with Gasteiger partial charge in [-0.2, -0.15) is 5.26 Å². The van der Waals surface area contributed by atoms with Crippen LogP contribution >= 0.6 is 0 Å². The van der Waals surface area contributed by atoms with E-state index < -0.39 is 0 Å². The number of nitriles is 1. The van der Waals surface area contributed by atoms with Crippen LogP contribution < -0.4 is 0 Å². The summed E-state index contributed by atoms with van der Waals surface area (Å²) in [6.07, 6.45) is 16.8. The van der Waals surface area contributed by atoms with Crippen molar-refractivity contribution in [1.82, 2.24) is 0 Å². The molecule has 1 nitrogen and oxygen atoms in total. The van der Waals surface area contributed by atoms with Crippen LogP contribution in [0.15, 0.2) is 0 Å². The van der Waals surface area contributed by atoms with Crippen molar-refractivity contribution in [2.75, 3.05) is 0 Å². The van der Waals surface area contributed by atoms with E-state index in [1.165, 1.54) is 77.0 Å². The predicted octanol–water partition coefficient (Wildman–Crippen LogP) is 6.98. The summed E-state index contributed by atoms with van der Waals surface area (Å²) in [6, 6.07) is 2.84. The largest absolute Gasteiger partial charge is 0.198 e. The van der Waals surface area contributed by atoms with Crippen LogP contribution in [0.1, 0.15) is 97.8 Å². The van der Waals surface area contributed by atoms with Crippen LogP contribution in [0.2, 0.25) is 0 Å². The molecule has 0 heterocycles. The zero-order valence-corrected chi connectivity index (χ0v) is 16.9. The molecule has 0 aromatic carbocycles. The third kappa shape index (κ3) is 2.61. The van der Waals surface area contributed by atoms with Gasteiger partial charge in [-0.25, -0.2) is 0 Å². The summed E-state index contributed by atoms with van der Waals surface area (Å²) < 4.78 is 0. The molecule has 4 aliphatic rings. The van der Waals surface area contributed by atoms with E-state index in [0.717, 1.165) is 29.6 Å². The molecule has 0 aromatic heterocycles. The average Bonchev–Trinajstić information content (AvgIpc) is 2.95. The van der Waals surface area contributed by atoms with Gasteiger partial charge in [0.15, 0.2) is 0 Å². The summed E-state index contributed by atoms with van der Waals surface area (Å²) in [5.41, 5.74) is 1.10. The lowest BCUT2D eigenvalue weighted by atomic mass is 9.42. The standard InChI is InChI=1S/C24H39N/c1-4-5-8-18-10-11-20-22-17(16-25)15-19-9-6-7-13-23(19,2)21(22)12-14-24(18,20)3/h17-22H,4-15H2,1-3H3. The number of nitrogens with zero attached hydrogens (tertiary/aromatic N) is 1. The lowest BCUT2D eigenvalue weighted by molar-refractivity contribution is -0.127. The Kier molecular flexibility index (Phi) is 4.71. The van der Waals surface area contributed by atoms with E-state index in [9.17, 15) is 5.26 Å². The SMILES string of the molecule is CCCCC1CCC2C3C(C#N)CC4CCCCC4(C)C3CCC12C. The molecular weight excluding hydrogens is 302 g/mol. The number of fused-ring (bicyclic) bond motifs is 5. The Morgan fingerprint density at radius 1 is 0.960 bits per heavy atom. The van der Waals surface area contributed by atoms with E-state index in [1.807, 2.05) is 0 Å². The summed E-state index contributed by atoms with van der Waals surface area (Å²) in [7, 11) is 0. The van der Waals surface area contributed by atoms with Crippen LogP contribution in [0, 0.1) is 57.7 Å². The molecule has 0 radical (unpaired) electrons. The number of hydrogen-bond donors (Lipinski definition) is 0. The maximum Gasteiger partial charge on any atom is 0.0659 e. The summed E-state index contributed by atoms with van der Waals surface area (Å²) in [5.74, 6) is 4.55. The Labute approximate surface area is 156 Å². The summed E-state index contributed by atoms with van der Waals surface area (Å²) in [6.45, 7) is 7.60. The predicted molar refractivity (Wildman–Crippen MR) is 104 cm³/mol. The molecule has 8 atom stereocenters. The second-order valence-corrected chi connectivity index (χ2v) is 10.7. The molecule has 4 fully saturated rings. The normalized spacial score (nSPS) is 51.9. The third-order valence-corrected chi connectivity index (χ3v) is 9.90. The molecule has 25 heavy (non-hydrogen) atoms. The summed E-state index contributed by atoms with van der Waals surface area (Å²) in [5, 5.41) is 10.1. The Hall–Kier alpha value is -0.510. The molecule has 0 bridgehead atoms. The van der Waals surface area contributed by atoms with E-state index in [0.29, 0.717) is 16.7 Å². The van der Waals surface area contributed by atoms with Crippen LogP contribution in [0.3, 0.4) is 0 Å². The zero-order valence-electron chi connectivity index (χ0n) is 16.9. The molecule has 4 rings (SSSR count). The molecule has 0 aromatic rings. The van der Waals surface area contributed by atoms with E-state index in [2.05, 4.69) is 26.8 Å². The highest BCUT2D eigenvalue weighted by atomic mass is 14.7. The van der Waals surface area contributed by atoms with Crippen LogP contribution in [0.25, 0.3) is 0 Å². The van der Waals surface area contributed by atoms with Crippen LogP contribution in [-0.2, 0) is 0 Å². The maximum absolute atomic E-state index is 10.1. The molecule has 0 N–H and O–H groups in total. The highest BCUT2D eigenvalue weighted by Crippen LogP contribution is 2.69. The van der Waals surface area contributed by atoms with Crippen molar-refractivity contribution in [3.63, 3.8) is 0 Å². The topological polar surface area (TPSA) is 23.8 Å². The molecule has 4 aliphatic carbocycles. The van der Waals surface area contributed by atoms with E-state index in [-0.39, 0.29) is 0 Å². The highest BCUT2D eigenvalue weighted by molar-refractivity contribution is 5.13. The minimum absolute atomic E-state index is 0.357. The first-order valence-electron chi connectivity index (χ1n) is 11.4. The van der Waals surface area contributed by atoms with Gasteiger partial charge in [-0.15, -0.1) is 0 Å². The van der Waals surface area contributed by atoms with Crippen molar-refractivity contribution in [1.29, 1.82) is 5.26 Å². The fourth-order valence-electron chi connectivity index (χ4n) is 8.47. The lowest BCUT2D eigenvalue weighted by Crippen LogP contribution is -2.55. The van der Waals surface area contributed by atoms with Gasteiger partial charge in [0.1, 0.15) is 0 Å². The van der Waals surface area contributed by atoms with Gasteiger partial charge in [-0.1, -0.05) is 46.5 Å². The van der Waals surface area contributed by atoms with Gasteiger partial charge in [-0.05, 0) is 91.8 Å². The quantitative estimate of drug-likeness (QED) is 0.543. The van der Waals surface area contributed by atoms with Gasteiger partial charge in [0, 0.05) is 5.92 Å². The fourth-order valence-corrected chi connectivity index (χ4v) is 8.47. The Morgan fingerprint density at radius 2 is 1.76 bits per heavy atom. The second-order valence-electron chi connectivity index (χ2n) is 10.7. The molecule has 0 saturated heterocycles. The molecule has 0 aliphatic heterocycles. The van der Waals surface area contributed by atoms with Gasteiger partial charge in [0.2, 0.25) is 0 Å². The van der Waals surface area contributed by atoms with Crippen molar-refractivity contribution >= 4 is 0 Å². The van der Waals surface area contributed by atoms with Crippen LogP contribution in [0.4, 0.5) is 0 Å². The number of hydrogen-bond acceptors (Lipinski definition) is 1. The van der Waals surface area contributed by atoms with E-state index in [1.54, 1.807) is 0 Å². The Morgan fingerprint density at radius 3 is 2.52 bits per heavy atom. The Bertz CT molecular complexity index is 533. The van der Waals surface area contributed by atoms with Crippen molar-refractivity contribution in [3.05, 3.63) is 0 Å². The first-order chi connectivity index (χ1) is 12.0. The van der Waals surface area contributed by atoms with E-state index in [4.69, 9.17) is 0 Å². The van der Waals surface area contributed by atoms with Gasteiger partial charge >= 0.3 is 0 Å². The van der Waals surface area contributed by atoms with Crippen molar-refractivity contribution in [2.24, 2.45) is 46.3 Å². The zero-order chi connectivity index (χ0) is 17.7. The lowest BCUT2D eigenvalue weighted by Gasteiger charge is -2.61. The first-order valence-corrected chi connectivity index (χ1v) is 11.4. The minimum atomic E-state index is 0.357. The van der Waals surface area contributed by atoms with Gasteiger partial charge in [-0.3, -0.25) is 0 Å². The molecule has 4 saturated carbocycles. The van der Waals surface area contributed by atoms with Crippen LogP contribution in [0.5, 0.6) is 0 Å². The molecule has 0 amide bonds. The van der Waals surface area contributed by atoms with E-state index >= 15 is 0 Å². The van der Waals surface area contributed by atoms with Gasteiger partial charge in [0.25, 0.3) is 0 Å². The maximum atomic E-state index is 10.1. The van der Waals surface area contributed by atoms with Crippen molar-refractivity contribution in [2.45, 2.75) is 97.8 Å². The summed E-state index contributed by atoms with van der Waals surface area (Å²) in [4.78, 5) is 0. The number of rotatable bonds is 3. The molecule has 0 spiro atoms. The average molecular weight is 342 g/mol. The Balaban J connectivity index is 1.64. The summed E-state index contributed by atoms with van der Waals surface area (Å²) >= 11 is 0. The van der Waals surface area contributed by atoms with Crippen molar-refractivity contribution in [3.8, 4) is 6.07 Å². The van der Waals surface area contributed by atoms with Gasteiger partial charge in [0.05, 0.1) is 6.07 Å². The number of unbranched alkanes of at least 4 members (excludes halogenated alkanes) is 1. The molecule has 140 valence electrons. The molecule has 8 unspecified atom stereocenters. The second kappa shape index (κ2) is 6.58. The fraction of sp³-hybridized carbons (Fsp3) is 0.958. The minimum Gasteiger partial charge on any atom is -0.198 e. The highest BCUT2D eigenvalue weighted by Gasteiger charge is 2.61.